The highest BCUT2D eigenvalue weighted by molar-refractivity contribution is 5.68. The van der Waals surface area contributed by atoms with E-state index < -0.39 is 11.6 Å². The quantitative estimate of drug-likeness (QED) is 0.834. The first kappa shape index (κ1) is 15.8. The number of ether oxygens (including phenoxy) is 2. The summed E-state index contributed by atoms with van der Waals surface area (Å²) in [7, 11) is 0. The molecule has 0 aliphatic carbocycles. The van der Waals surface area contributed by atoms with E-state index in [1.54, 1.807) is 4.90 Å². The van der Waals surface area contributed by atoms with Gasteiger partial charge in [-0.05, 0) is 20.8 Å². The number of carbonyl (C=O) groups excluding carboxylic acids is 1. The Kier molecular flexibility index (Phi) is 4.51. The Balaban J connectivity index is 2.16. The van der Waals surface area contributed by atoms with Gasteiger partial charge in [0.1, 0.15) is 11.6 Å². The molecule has 1 aromatic rings. The van der Waals surface area contributed by atoms with E-state index in [2.05, 4.69) is 10.2 Å². The largest absolute Gasteiger partial charge is 0.444 e. The van der Waals surface area contributed by atoms with Gasteiger partial charge in [-0.2, -0.15) is 0 Å². The first-order valence-corrected chi connectivity index (χ1v) is 7.18. The van der Waals surface area contributed by atoms with Crippen molar-refractivity contribution in [2.24, 2.45) is 0 Å². The van der Waals surface area contributed by atoms with E-state index in [1.807, 2.05) is 34.6 Å². The zero-order chi connectivity index (χ0) is 15.6. The molecule has 21 heavy (non-hydrogen) atoms. The van der Waals surface area contributed by atoms with Gasteiger partial charge < -0.3 is 13.9 Å². The molecule has 0 radical (unpaired) electrons. The fourth-order valence-electron chi connectivity index (χ4n) is 1.96. The Labute approximate surface area is 124 Å². The van der Waals surface area contributed by atoms with Crippen LogP contribution >= 0.6 is 0 Å². The molecule has 0 spiro atoms. The van der Waals surface area contributed by atoms with Gasteiger partial charge in [-0.25, -0.2) is 4.79 Å². The lowest BCUT2D eigenvalue weighted by Gasteiger charge is -2.34. The summed E-state index contributed by atoms with van der Waals surface area (Å²) in [6, 6.07) is -0.395. The van der Waals surface area contributed by atoms with E-state index in [4.69, 9.17) is 13.9 Å². The van der Waals surface area contributed by atoms with Gasteiger partial charge >= 0.3 is 6.09 Å². The predicted octanol–water partition coefficient (Wildman–Crippen LogP) is 2.50. The number of carbonyl (C=O) groups is 1. The number of morpholine rings is 1. The molecule has 1 aromatic heterocycles. The van der Waals surface area contributed by atoms with Gasteiger partial charge in [0, 0.05) is 12.5 Å². The van der Waals surface area contributed by atoms with Crippen LogP contribution in [0, 0.1) is 0 Å². The van der Waals surface area contributed by atoms with Crippen molar-refractivity contribution in [1.29, 1.82) is 0 Å². The van der Waals surface area contributed by atoms with E-state index in [1.165, 1.54) is 0 Å². The number of rotatable bonds is 2. The summed E-state index contributed by atoms with van der Waals surface area (Å²) >= 11 is 0. The number of aromatic nitrogens is 2. The van der Waals surface area contributed by atoms with Gasteiger partial charge in [-0.1, -0.05) is 13.8 Å². The molecule has 1 aliphatic rings. The summed E-state index contributed by atoms with van der Waals surface area (Å²) in [6.45, 7) is 10.7. The number of hydrogen-bond acceptors (Lipinski definition) is 6. The van der Waals surface area contributed by atoms with E-state index in [9.17, 15) is 4.79 Å². The standard InChI is InChI=1S/C14H23N3O4/c1-9(2)11-15-16-12(20-11)10-8-19-7-6-17(10)13(18)21-14(3,4)5/h9-10H,6-8H2,1-5H3. The summed E-state index contributed by atoms with van der Waals surface area (Å²) < 4.78 is 16.5. The summed E-state index contributed by atoms with van der Waals surface area (Å²) in [5, 5.41) is 8.05. The van der Waals surface area contributed by atoms with E-state index in [-0.39, 0.29) is 12.0 Å². The molecule has 0 N–H and O–H groups in total. The highest BCUT2D eigenvalue weighted by Crippen LogP contribution is 2.26. The Morgan fingerprint density at radius 1 is 1.38 bits per heavy atom. The van der Waals surface area contributed by atoms with Crippen LogP contribution in [-0.2, 0) is 9.47 Å². The molecule has 1 saturated heterocycles. The van der Waals surface area contributed by atoms with E-state index >= 15 is 0 Å². The smallest absolute Gasteiger partial charge is 0.411 e. The van der Waals surface area contributed by atoms with Crippen LogP contribution in [0.15, 0.2) is 4.42 Å². The zero-order valence-corrected chi connectivity index (χ0v) is 13.3. The molecular weight excluding hydrogens is 274 g/mol. The van der Waals surface area contributed by atoms with Gasteiger partial charge in [0.15, 0.2) is 0 Å². The van der Waals surface area contributed by atoms with Crippen molar-refractivity contribution in [3.63, 3.8) is 0 Å². The monoisotopic (exact) mass is 297 g/mol. The van der Waals surface area contributed by atoms with Crippen molar-refractivity contribution in [3.8, 4) is 0 Å². The van der Waals surface area contributed by atoms with Crippen LogP contribution in [0.5, 0.6) is 0 Å². The minimum Gasteiger partial charge on any atom is -0.444 e. The fraction of sp³-hybridized carbons (Fsp3) is 0.786. The summed E-state index contributed by atoms with van der Waals surface area (Å²) in [6.07, 6.45) is -0.389. The lowest BCUT2D eigenvalue weighted by molar-refractivity contribution is -0.0393. The molecule has 118 valence electrons. The lowest BCUT2D eigenvalue weighted by atomic mass is 10.2. The number of nitrogens with zero attached hydrogens (tertiary/aromatic N) is 3. The molecule has 1 atom stereocenters. The summed E-state index contributed by atoms with van der Waals surface area (Å²) in [5.74, 6) is 1.09. The molecular formula is C14H23N3O4. The minimum atomic E-state index is -0.544. The van der Waals surface area contributed by atoms with Gasteiger partial charge in [-0.15, -0.1) is 10.2 Å². The average molecular weight is 297 g/mol. The lowest BCUT2D eigenvalue weighted by Crippen LogP contribution is -2.45. The maximum Gasteiger partial charge on any atom is 0.411 e. The third-order valence-corrected chi connectivity index (χ3v) is 2.99. The number of amides is 1. The van der Waals surface area contributed by atoms with Gasteiger partial charge in [0.05, 0.1) is 13.2 Å². The van der Waals surface area contributed by atoms with Crippen molar-refractivity contribution >= 4 is 6.09 Å². The molecule has 1 amide bonds. The second-order valence-electron chi connectivity index (χ2n) is 6.40. The second-order valence-corrected chi connectivity index (χ2v) is 6.40. The van der Waals surface area contributed by atoms with Crippen LogP contribution in [-0.4, -0.2) is 46.6 Å². The normalized spacial score (nSPS) is 19.9. The number of hydrogen-bond donors (Lipinski definition) is 0. The van der Waals surface area contributed by atoms with Crippen LogP contribution in [0.2, 0.25) is 0 Å². The third kappa shape index (κ3) is 3.93. The maximum absolute atomic E-state index is 12.3. The molecule has 7 heteroatoms. The topological polar surface area (TPSA) is 77.7 Å². The van der Waals surface area contributed by atoms with E-state index in [0.29, 0.717) is 31.5 Å². The van der Waals surface area contributed by atoms with E-state index in [0.717, 1.165) is 0 Å². The van der Waals surface area contributed by atoms with Crippen molar-refractivity contribution in [1.82, 2.24) is 15.1 Å². The third-order valence-electron chi connectivity index (χ3n) is 2.99. The molecule has 0 bridgehead atoms. The second kappa shape index (κ2) is 6.01. The fourth-order valence-corrected chi connectivity index (χ4v) is 1.96. The average Bonchev–Trinajstić information content (AvgIpc) is 2.86. The van der Waals surface area contributed by atoms with Crippen LogP contribution in [0.3, 0.4) is 0 Å². The van der Waals surface area contributed by atoms with Crippen molar-refractivity contribution in [2.75, 3.05) is 19.8 Å². The molecule has 1 aliphatic heterocycles. The minimum absolute atomic E-state index is 0.144. The Bertz CT molecular complexity index is 493. The Hall–Kier alpha value is -1.63. The first-order valence-electron chi connectivity index (χ1n) is 7.18. The SMILES string of the molecule is CC(C)c1nnc(C2COCCN2C(=O)OC(C)(C)C)o1. The van der Waals surface area contributed by atoms with Gasteiger partial charge in [0.2, 0.25) is 11.8 Å². The van der Waals surface area contributed by atoms with Crippen molar-refractivity contribution < 1.29 is 18.7 Å². The van der Waals surface area contributed by atoms with Crippen LogP contribution in [0.1, 0.15) is 58.4 Å². The Morgan fingerprint density at radius 3 is 2.67 bits per heavy atom. The molecule has 2 heterocycles. The maximum atomic E-state index is 12.3. The first-order chi connectivity index (χ1) is 9.78. The molecule has 2 rings (SSSR count). The van der Waals surface area contributed by atoms with Crippen molar-refractivity contribution in [3.05, 3.63) is 11.8 Å². The summed E-state index contributed by atoms with van der Waals surface area (Å²) in [4.78, 5) is 13.9. The summed E-state index contributed by atoms with van der Waals surface area (Å²) in [5.41, 5.74) is -0.544. The highest BCUT2D eigenvalue weighted by atomic mass is 16.6. The molecule has 1 unspecified atom stereocenters. The molecule has 0 saturated carbocycles. The van der Waals surface area contributed by atoms with Gasteiger partial charge in [-0.3, -0.25) is 4.90 Å². The van der Waals surface area contributed by atoms with Gasteiger partial charge in [0.25, 0.3) is 0 Å². The molecule has 1 fully saturated rings. The highest BCUT2D eigenvalue weighted by Gasteiger charge is 2.35. The van der Waals surface area contributed by atoms with Crippen LogP contribution in [0.25, 0.3) is 0 Å². The molecule has 0 aromatic carbocycles. The van der Waals surface area contributed by atoms with Crippen LogP contribution in [0.4, 0.5) is 4.79 Å². The Morgan fingerprint density at radius 2 is 2.10 bits per heavy atom. The zero-order valence-electron chi connectivity index (χ0n) is 13.3. The molecule has 7 nitrogen and oxygen atoms in total. The predicted molar refractivity (Wildman–Crippen MR) is 74.9 cm³/mol. The van der Waals surface area contributed by atoms with Crippen molar-refractivity contribution in [2.45, 2.75) is 52.2 Å². The van der Waals surface area contributed by atoms with Crippen LogP contribution < -0.4 is 0 Å².